The van der Waals surface area contributed by atoms with Crippen molar-refractivity contribution in [2.24, 2.45) is 11.8 Å². The Morgan fingerprint density at radius 1 is 0.864 bits per heavy atom. The van der Waals surface area contributed by atoms with Gasteiger partial charge in [0.2, 0.25) is 0 Å². The third-order valence-electron chi connectivity index (χ3n) is 4.54. The molecular weight excluding hydrogens is 312 g/mol. The van der Waals surface area contributed by atoms with Gasteiger partial charge >= 0.3 is 0 Å². The Kier molecular flexibility index (Phi) is 6.14. The maximum absolute atomic E-state index is 4.16. The van der Waals surface area contributed by atoms with Crippen molar-refractivity contribution >= 4 is 24.2 Å². The van der Waals surface area contributed by atoms with Crippen LogP contribution in [0.2, 0.25) is 65.0 Å². The number of hydrogen-bond donors (Lipinski definition) is 0. The minimum atomic E-state index is -1.29. The third-order valence-corrected chi connectivity index (χ3v) is 10.8. The molecule has 126 valence electrons. The Labute approximate surface area is 142 Å². The van der Waals surface area contributed by atoms with E-state index in [1.807, 2.05) is 10.4 Å². The highest BCUT2D eigenvalue weighted by atomic mass is 28.3. The average molecular weight is 351 g/mol. The molecule has 0 radical (unpaired) electrons. The molecule has 0 saturated carbocycles. The molecule has 3 heteroatoms. The van der Waals surface area contributed by atoms with E-state index in [0.717, 1.165) is 0 Å². The predicted molar refractivity (Wildman–Crippen MR) is 113 cm³/mol. The van der Waals surface area contributed by atoms with Gasteiger partial charge in [-0.2, -0.15) is 0 Å². The van der Waals surface area contributed by atoms with Crippen molar-refractivity contribution in [3.05, 3.63) is 35.2 Å². The lowest BCUT2D eigenvalue weighted by Crippen LogP contribution is -2.34. The van der Waals surface area contributed by atoms with Crippen molar-refractivity contribution in [1.29, 1.82) is 0 Å². The molecule has 0 aromatic rings. The van der Waals surface area contributed by atoms with Gasteiger partial charge in [0.25, 0.3) is 0 Å². The SMILES string of the molecule is C=C[C@@H]1C[C@H](/C=C/C[Si](C)(C)C)C([Si](C)(C)C)=C1[Si](C)(C)C. The fraction of sp³-hybridized carbons (Fsp3) is 0.684. The molecule has 2 atom stereocenters. The second kappa shape index (κ2) is 6.78. The summed E-state index contributed by atoms with van der Waals surface area (Å²) in [7, 11) is -3.55. The number of allylic oxidation sites excluding steroid dienone is 5. The summed E-state index contributed by atoms with van der Waals surface area (Å²) in [6.07, 6.45) is 8.59. The van der Waals surface area contributed by atoms with E-state index in [-0.39, 0.29) is 0 Å². The van der Waals surface area contributed by atoms with E-state index < -0.39 is 24.2 Å². The van der Waals surface area contributed by atoms with Crippen LogP contribution >= 0.6 is 0 Å². The second-order valence-corrected chi connectivity index (χ2v) is 25.8. The van der Waals surface area contributed by atoms with Gasteiger partial charge in [-0.25, -0.2) is 0 Å². The van der Waals surface area contributed by atoms with Crippen molar-refractivity contribution in [1.82, 2.24) is 0 Å². The summed E-state index contributed by atoms with van der Waals surface area (Å²) in [6.45, 7) is 26.7. The molecule has 1 aliphatic carbocycles. The van der Waals surface area contributed by atoms with Crippen LogP contribution in [-0.4, -0.2) is 24.2 Å². The highest BCUT2D eigenvalue weighted by Gasteiger charge is 2.41. The number of rotatable bonds is 6. The predicted octanol–water partition coefficient (Wildman–Crippen LogP) is 6.75. The number of hydrogen-bond acceptors (Lipinski definition) is 0. The zero-order chi connectivity index (χ0) is 17.3. The van der Waals surface area contributed by atoms with Crippen LogP contribution in [0.5, 0.6) is 0 Å². The lowest BCUT2D eigenvalue weighted by atomic mass is 10.0. The minimum Gasteiger partial charge on any atom is -0.102 e. The topological polar surface area (TPSA) is 0 Å². The first-order chi connectivity index (χ1) is 9.77. The Morgan fingerprint density at radius 2 is 1.32 bits per heavy atom. The van der Waals surface area contributed by atoms with Crippen molar-refractivity contribution in [2.45, 2.75) is 71.4 Å². The Morgan fingerprint density at radius 3 is 1.68 bits per heavy atom. The van der Waals surface area contributed by atoms with Gasteiger partial charge in [-0.1, -0.05) is 87.5 Å². The maximum Gasteiger partial charge on any atom is 0.0726 e. The molecule has 1 aliphatic rings. The molecule has 0 aromatic heterocycles. The van der Waals surface area contributed by atoms with Crippen LogP contribution in [0, 0.1) is 11.8 Å². The first kappa shape index (κ1) is 19.9. The molecule has 0 aliphatic heterocycles. The summed E-state index contributed by atoms with van der Waals surface area (Å²) in [5.74, 6) is 1.32. The molecule has 22 heavy (non-hydrogen) atoms. The van der Waals surface area contributed by atoms with Crippen molar-refractivity contribution < 1.29 is 0 Å². The van der Waals surface area contributed by atoms with Crippen LogP contribution < -0.4 is 0 Å². The van der Waals surface area contributed by atoms with Crippen LogP contribution in [0.15, 0.2) is 35.2 Å². The first-order valence-corrected chi connectivity index (χ1v) is 19.5. The summed E-state index contributed by atoms with van der Waals surface area (Å²) in [6, 6.07) is 1.31. The highest BCUT2D eigenvalue weighted by Crippen LogP contribution is 2.46. The molecule has 0 bridgehead atoms. The monoisotopic (exact) mass is 350 g/mol. The fourth-order valence-corrected chi connectivity index (χ4v) is 11.6. The summed E-state index contributed by atoms with van der Waals surface area (Å²) in [5, 5.41) is 3.70. The second-order valence-electron chi connectivity index (χ2n) is 10.2. The molecule has 0 saturated heterocycles. The lowest BCUT2D eigenvalue weighted by Gasteiger charge is -2.31. The molecule has 0 aromatic carbocycles. The first-order valence-electron chi connectivity index (χ1n) is 8.81. The van der Waals surface area contributed by atoms with Gasteiger partial charge in [-0.15, -0.1) is 6.58 Å². The van der Waals surface area contributed by atoms with Gasteiger partial charge in [0.05, 0.1) is 16.1 Å². The molecule has 1 rings (SSSR count). The van der Waals surface area contributed by atoms with Crippen LogP contribution in [-0.2, 0) is 0 Å². The Hall–Kier alpha value is -0.129. The summed E-state index contributed by atoms with van der Waals surface area (Å²) in [4.78, 5) is 0. The van der Waals surface area contributed by atoms with Gasteiger partial charge in [-0.3, -0.25) is 0 Å². The van der Waals surface area contributed by atoms with E-state index >= 15 is 0 Å². The lowest BCUT2D eigenvalue weighted by molar-refractivity contribution is 0.665. The molecule has 0 N–H and O–H groups in total. The largest absolute Gasteiger partial charge is 0.102 e. The van der Waals surface area contributed by atoms with Crippen molar-refractivity contribution in [2.75, 3.05) is 0 Å². The third kappa shape index (κ3) is 5.21. The standard InChI is InChI=1S/C19H38Si3/c1-11-16-15-17(13-12-14-20(2,3)4)19(22(8,9)10)18(16)21(5,6)7/h11-13,16-17H,1,14-15H2,2-10H3/b13-12+/t16-,17+/m1/s1. The van der Waals surface area contributed by atoms with E-state index in [1.165, 1.54) is 12.5 Å². The Bertz CT molecular complexity index is 464. The van der Waals surface area contributed by atoms with Crippen LogP contribution in [0.4, 0.5) is 0 Å². The van der Waals surface area contributed by atoms with Gasteiger partial charge in [0.15, 0.2) is 0 Å². The molecule has 0 nitrogen and oxygen atoms in total. The molecular formula is C19H38Si3. The van der Waals surface area contributed by atoms with Gasteiger partial charge < -0.3 is 0 Å². The van der Waals surface area contributed by atoms with Crippen LogP contribution in [0.25, 0.3) is 0 Å². The maximum atomic E-state index is 4.16. The Balaban J connectivity index is 3.25. The summed E-state index contributed by atoms with van der Waals surface area (Å²) in [5.41, 5.74) is 0. The average Bonchev–Trinajstić information content (AvgIpc) is 2.65. The van der Waals surface area contributed by atoms with E-state index in [4.69, 9.17) is 0 Å². The zero-order valence-corrected chi connectivity index (χ0v) is 19.5. The van der Waals surface area contributed by atoms with Crippen molar-refractivity contribution in [3.63, 3.8) is 0 Å². The van der Waals surface area contributed by atoms with E-state index in [2.05, 4.69) is 83.7 Å². The van der Waals surface area contributed by atoms with Crippen LogP contribution in [0.3, 0.4) is 0 Å². The minimum absolute atomic E-state index is 0.634. The fourth-order valence-electron chi connectivity index (χ4n) is 3.80. The molecule has 0 unspecified atom stereocenters. The van der Waals surface area contributed by atoms with Crippen LogP contribution in [0.1, 0.15) is 6.42 Å². The van der Waals surface area contributed by atoms with Gasteiger partial charge in [0, 0.05) is 8.07 Å². The van der Waals surface area contributed by atoms with Gasteiger partial charge in [0.1, 0.15) is 0 Å². The van der Waals surface area contributed by atoms with E-state index in [0.29, 0.717) is 11.8 Å². The summed E-state index contributed by atoms with van der Waals surface area (Å²) < 4.78 is 0. The zero-order valence-electron chi connectivity index (χ0n) is 16.5. The van der Waals surface area contributed by atoms with E-state index in [1.54, 1.807) is 0 Å². The van der Waals surface area contributed by atoms with Crippen molar-refractivity contribution in [3.8, 4) is 0 Å². The molecule has 0 fully saturated rings. The summed E-state index contributed by atoms with van der Waals surface area (Å²) >= 11 is 0. The highest BCUT2D eigenvalue weighted by molar-refractivity contribution is 6.89. The smallest absolute Gasteiger partial charge is 0.0726 e. The normalized spacial score (nSPS) is 24.4. The quantitative estimate of drug-likeness (QED) is 0.367. The molecule has 0 spiro atoms. The molecule has 0 heterocycles. The van der Waals surface area contributed by atoms with Gasteiger partial charge in [-0.05, 0) is 24.3 Å². The van der Waals surface area contributed by atoms with E-state index in [9.17, 15) is 0 Å². The molecule has 0 amide bonds.